The standard InChI is InChI=1S/C13H20N2/c1-3-6-11-9-13(11,14)12-10(4-2)7-5-8-15-12/h5,7-8,11H,3-4,6,9,14H2,1-2H3. The van der Waals surface area contributed by atoms with E-state index in [0.29, 0.717) is 5.92 Å². The van der Waals surface area contributed by atoms with Gasteiger partial charge in [-0.3, -0.25) is 4.98 Å². The van der Waals surface area contributed by atoms with Gasteiger partial charge in [0.2, 0.25) is 0 Å². The van der Waals surface area contributed by atoms with Crippen molar-refractivity contribution in [2.24, 2.45) is 11.7 Å². The Hall–Kier alpha value is -0.890. The van der Waals surface area contributed by atoms with Gasteiger partial charge in [-0.1, -0.05) is 26.3 Å². The molecule has 0 spiro atoms. The summed E-state index contributed by atoms with van der Waals surface area (Å²) in [5.41, 5.74) is 8.77. The van der Waals surface area contributed by atoms with Crippen molar-refractivity contribution in [1.29, 1.82) is 0 Å². The van der Waals surface area contributed by atoms with Crippen LogP contribution in [0.2, 0.25) is 0 Å². The lowest BCUT2D eigenvalue weighted by molar-refractivity contribution is 0.566. The van der Waals surface area contributed by atoms with E-state index in [-0.39, 0.29) is 5.54 Å². The lowest BCUT2D eigenvalue weighted by Crippen LogP contribution is -2.25. The molecule has 15 heavy (non-hydrogen) atoms. The number of hydrogen-bond acceptors (Lipinski definition) is 2. The van der Waals surface area contributed by atoms with Crippen molar-refractivity contribution in [3.63, 3.8) is 0 Å². The summed E-state index contributed by atoms with van der Waals surface area (Å²) in [5.74, 6) is 0.655. The largest absolute Gasteiger partial charge is 0.320 e. The Labute approximate surface area is 91.9 Å². The molecule has 1 saturated carbocycles. The zero-order valence-corrected chi connectivity index (χ0v) is 9.66. The molecule has 1 aromatic heterocycles. The van der Waals surface area contributed by atoms with E-state index in [4.69, 9.17) is 5.73 Å². The molecule has 0 aliphatic heterocycles. The fourth-order valence-corrected chi connectivity index (χ4v) is 2.49. The SMILES string of the molecule is CCCC1CC1(N)c1ncccc1CC. The second-order valence-corrected chi connectivity index (χ2v) is 4.59. The highest BCUT2D eigenvalue weighted by Gasteiger charge is 2.53. The van der Waals surface area contributed by atoms with Crippen molar-refractivity contribution >= 4 is 0 Å². The van der Waals surface area contributed by atoms with E-state index in [9.17, 15) is 0 Å². The quantitative estimate of drug-likeness (QED) is 0.818. The summed E-state index contributed by atoms with van der Waals surface area (Å²) >= 11 is 0. The van der Waals surface area contributed by atoms with Crippen LogP contribution in [0.1, 0.15) is 44.4 Å². The van der Waals surface area contributed by atoms with E-state index in [0.717, 1.165) is 18.5 Å². The van der Waals surface area contributed by atoms with E-state index in [1.165, 1.54) is 18.4 Å². The number of hydrogen-bond donors (Lipinski definition) is 1. The number of rotatable bonds is 4. The third-order valence-electron chi connectivity index (χ3n) is 3.50. The monoisotopic (exact) mass is 204 g/mol. The molecule has 1 aromatic rings. The first-order valence-electron chi connectivity index (χ1n) is 5.95. The topological polar surface area (TPSA) is 38.9 Å². The van der Waals surface area contributed by atoms with Gasteiger partial charge in [0.25, 0.3) is 0 Å². The van der Waals surface area contributed by atoms with Gasteiger partial charge in [0.15, 0.2) is 0 Å². The Morgan fingerprint density at radius 2 is 2.33 bits per heavy atom. The lowest BCUT2D eigenvalue weighted by Gasteiger charge is -2.14. The predicted octanol–water partition coefficient (Wildman–Crippen LogP) is 2.62. The summed E-state index contributed by atoms with van der Waals surface area (Å²) in [4.78, 5) is 4.49. The number of pyridine rings is 1. The minimum Gasteiger partial charge on any atom is -0.320 e. The van der Waals surface area contributed by atoms with Crippen LogP contribution in [0.25, 0.3) is 0 Å². The Morgan fingerprint density at radius 3 is 3.00 bits per heavy atom. The predicted molar refractivity (Wildman–Crippen MR) is 62.5 cm³/mol. The van der Waals surface area contributed by atoms with E-state index in [2.05, 4.69) is 24.9 Å². The van der Waals surface area contributed by atoms with Crippen LogP contribution in [0, 0.1) is 5.92 Å². The number of aromatic nitrogens is 1. The first-order valence-corrected chi connectivity index (χ1v) is 5.95. The Balaban J connectivity index is 2.23. The molecule has 0 saturated heterocycles. The van der Waals surface area contributed by atoms with Crippen LogP contribution in [-0.2, 0) is 12.0 Å². The van der Waals surface area contributed by atoms with Gasteiger partial charge in [-0.2, -0.15) is 0 Å². The second kappa shape index (κ2) is 3.93. The fourth-order valence-electron chi connectivity index (χ4n) is 2.49. The molecule has 2 nitrogen and oxygen atoms in total. The Morgan fingerprint density at radius 1 is 1.53 bits per heavy atom. The van der Waals surface area contributed by atoms with Crippen LogP contribution in [-0.4, -0.2) is 4.98 Å². The zero-order valence-electron chi connectivity index (χ0n) is 9.66. The third-order valence-corrected chi connectivity index (χ3v) is 3.50. The molecule has 2 N–H and O–H groups in total. The van der Waals surface area contributed by atoms with Gasteiger partial charge in [-0.25, -0.2) is 0 Å². The van der Waals surface area contributed by atoms with Gasteiger partial charge in [0, 0.05) is 6.20 Å². The normalized spacial score (nSPS) is 29.1. The van der Waals surface area contributed by atoms with Crippen molar-refractivity contribution in [2.45, 2.75) is 45.1 Å². The van der Waals surface area contributed by atoms with Crippen molar-refractivity contribution < 1.29 is 0 Å². The van der Waals surface area contributed by atoms with Gasteiger partial charge in [0.1, 0.15) is 0 Å². The molecular formula is C13H20N2. The van der Waals surface area contributed by atoms with Crippen LogP contribution < -0.4 is 5.73 Å². The molecule has 82 valence electrons. The van der Waals surface area contributed by atoms with Gasteiger partial charge in [-0.15, -0.1) is 0 Å². The van der Waals surface area contributed by atoms with Crippen molar-refractivity contribution in [2.75, 3.05) is 0 Å². The third kappa shape index (κ3) is 1.78. The molecule has 2 heteroatoms. The zero-order chi connectivity index (χ0) is 10.9. The van der Waals surface area contributed by atoms with Crippen LogP contribution in [0.4, 0.5) is 0 Å². The Kier molecular flexibility index (Phi) is 2.79. The highest BCUT2D eigenvalue weighted by molar-refractivity contribution is 5.33. The molecule has 1 aliphatic rings. The molecule has 2 atom stereocenters. The van der Waals surface area contributed by atoms with Crippen LogP contribution in [0.15, 0.2) is 18.3 Å². The fraction of sp³-hybridized carbons (Fsp3) is 0.615. The number of nitrogens with zero attached hydrogens (tertiary/aromatic N) is 1. The van der Waals surface area contributed by atoms with E-state index in [1.807, 2.05) is 12.3 Å². The van der Waals surface area contributed by atoms with E-state index < -0.39 is 0 Å². The number of aryl methyl sites for hydroxylation is 1. The summed E-state index contributed by atoms with van der Waals surface area (Å²) in [5, 5.41) is 0. The summed E-state index contributed by atoms with van der Waals surface area (Å²) in [6.07, 6.45) is 6.46. The van der Waals surface area contributed by atoms with Gasteiger partial charge >= 0.3 is 0 Å². The molecule has 0 radical (unpaired) electrons. The van der Waals surface area contributed by atoms with E-state index >= 15 is 0 Å². The summed E-state index contributed by atoms with van der Waals surface area (Å²) in [6.45, 7) is 4.39. The van der Waals surface area contributed by atoms with Crippen LogP contribution >= 0.6 is 0 Å². The maximum Gasteiger partial charge on any atom is 0.0637 e. The number of nitrogens with two attached hydrogens (primary N) is 1. The van der Waals surface area contributed by atoms with Crippen LogP contribution in [0.3, 0.4) is 0 Å². The second-order valence-electron chi connectivity index (χ2n) is 4.59. The molecule has 2 unspecified atom stereocenters. The van der Waals surface area contributed by atoms with Gasteiger partial charge < -0.3 is 5.73 Å². The molecule has 0 aromatic carbocycles. The highest BCUT2D eigenvalue weighted by Crippen LogP contribution is 2.52. The van der Waals surface area contributed by atoms with Gasteiger partial charge in [0.05, 0.1) is 11.2 Å². The molecular weight excluding hydrogens is 184 g/mol. The van der Waals surface area contributed by atoms with Gasteiger partial charge in [-0.05, 0) is 36.8 Å². The first-order chi connectivity index (χ1) is 7.22. The smallest absolute Gasteiger partial charge is 0.0637 e. The molecule has 0 bridgehead atoms. The van der Waals surface area contributed by atoms with Crippen molar-refractivity contribution in [3.8, 4) is 0 Å². The first kappa shape index (κ1) is 10.6. The summed E-state index contributed by atoms with van der Waals surface area (Å²) in [6, 6.07) is 4.15. The molecule has 1 heterocycles. The van der Waals surface area contributed by atoms with Crippen LogP contribution in [0.5, 0.6) is 0 Å². The summed E-state index contributed by atoms with van der Waals surface area (Å²) < 4.78 is 0. The maximum atomic E-state index is 6.41. The molecule has 1 aliphatic carbocycles. The highest BCUT2D eigenvalue weighted by atomic mass is 14.9. The van der Waals surface area contributed by atoms with E-state index in [1.54, 1.807) is 0 Å². The van der Waals surface area contributed by atoms with Crippen molar-refractivity contribution in [1.82, 2.24) is 4.98 Å². The average Bonchev–Trinajstić information content (AvgIpc) is 2.91. The Bertz CT molecular complexity index is 348. The molecule has 1 fully saturated rings. The molecule has 0 amide bonds. The maximum absolute atomic E-state index is 6.41. The minimum atomic E-state index is -0.109. The molecule has 2 rings (SSSR count). The summed E-state index contributed by atoms with van der Waals surface area (Å²) in [7, 11) is 0. The minimum absolute atomic E-state index is 0.109. The van der Waals surface area contributed by atoms with Crippen molar-refractivity contribution in [3.05, 3.63) is 29.6 Å². The average molecular weight is 204 g/mol. The lowest BCUT2D eigenvalue weighted by atomic mass is 10.0.